The lowest BCUT2D eigenvalue weighted by Crippen LogP contribution is -2.48. The number of Topliss-reactive ketones (excluding diaryl/α,β-unsaturated/α-hetero) is 1. The lowest BCUT2D eigenvalue weighted by molar-refractivity contribution is 0.0928. The molecule has 0 aliphatic carbocycles. The summed E-state index contributed by atoms with van der Waals surface area (Å²) in [6.45, 7) is 6.11. The number of piperazine rings is 1. The molecule has 1 N–H and O–H groups in total. The van der Waals surface area contributed by atoms with Crippen molar-refractivity contribution in [1.29, 1.82) is 0 Å². The monoisotopic (exact) mass is 377 g/mol. The predicted molar refractivity (Wildman–Crippen MR) is 114 cm³/mol. The molecular formula is C23H27N3O2. The maximum absolute atomic E-state index is 12.9. The molecule has 5 nitrogen and oxygen atoms in total. The Morgan fingerprint density at radius 3 is 2.61 bits per heavy atom. The molecule has 2 heterocycles. The molecule has 0 amide bonds. The number of nitrogens with zero attached hydrogens (tertiary/aromatic N) is 2. The van der Waals surface area contributed by atoms with Gasteiger partial charge >= 0.3 is 0 Å². The first-order valence-electron chi connectivity index (χ1n) is 9.93. The minimum absolute atomic E-state index is 0.185. The molecule has 2 aromatic carbocycles. The van der Waals surface area contributed by atoms with Gasteiger partial charge in [-0.2, -0.15) is 0 Å². The van der Waals surface area contributed by atoms with Crippen LogP contribution in [0.2, 0.25) is 0 Å². The summed E-state index contributed by atoms with van der Waals surface area (Å²) in [5, 5.41) is 1.04. The molecular weight excluding hydrogens is 350 g/mol. The molecule has 1 aliphatic rings. The Balaban J connectivity index is 1.42. The first kappa shape index (κ1) is 18.6. The van der Waals surface area contributed by atoms with Gasteiger partial charge in [-0.3, -0.25) is 9.69 Å². The number of H-pyrrole nitrogens is 1. The summed E-state index contributed by atoms with van der Waals surface area (Å²) in [7, 11) is 1.71. The molecule has 0 saturated carbocycles. The van der Waals surface area contributed by atoms with Gasteiger partial charge in [-0.25, -0.2) is 0 Å². The molecule has 28 heavy (non-hydrogen) atoms. The molecule has 1 aromatic heterocycles. The number of ether oxygens (including phenoxy) is 1. The van der Waals surface area contributed by atoms with E-state index in [4.69, 9.17) is 4.74 Å². The van der Waals surface area contributed by atoms with E-state index < -0.39 is 0 Å². The number of aromatic nitrogens is 1. The number of ketones is 1. The van der Waals surface area contributed by atoms with Crippen molar-refractivity contribution in [2.45, 2.75) is 13.3 Å². The van der Waals surface area contributed by atoms with E-state index in [0.29, 0.717) is 6.54 Å². The fourth-order valence-electron chi connectivity index (χ4n) is 4.07. The number of methoxy groups -OCH3 is 1. The van der Waals surface area contributed by atoms with E-state index in [0.717, 1.165) is 60.5 Å². The Morgan fingerprint density at radius 2 is 1.86 bits per heavy atom. The second kappa shape index (κ2) is 8.07. The van der Waals surface area contributed by atoms with Crippen LogP contribution in [0.15, 0.2) is 48.7 Å². The van der Waals surface area contributed by atoms with Crippen LogP contribution < -0.4 is 9.64 Å². The number of anilines is 1. The number of benzene rings is 2. The molecule has 4 rings (SSSR count). The number of para-hydroxylation sites is 3. The van der Waals surface area contributed by atoms with Gasteiger partial charge in [-0.1, -0.05) is 37.3 Å². The van der Waals surface area contributed by atoms with Gasteiger partial charge in [-0.05, 0) is 24.1 Å². The van der Waals surface area contributed by atoms with Gasteiger partial charge < -0.3 is 14.6 Å². The molecule has 0 bridgehead atoms. The van der Waals surface area contributed by atoms with Gasteiger partial charge in [0, 0.05) is 48.8 Å². The van der Waals surface area contributed by atoms with Crippen molar-refractivity contribution >= 4 is 22.4 Å². The molecule has 1 aliphatic heterocycles. The van der Waals surface area contributed by atoms with Gasteiger partial charge in [0.15, 0.2) is 5.78 Å². The van der Waals surface area contributed by atoms with Crippen molar-refractivity contribution in [1.82, 2.24) is 9.88 Å². The third kappa shape index (κ3) is 3.50. The smallest absolute Gasteiger partial charge is 0.178 e. The molecule has 0 atom stereocenters. The molecule has 1 fully saturated rings. The number of carbonyl (C=O) groups excluding carboxylic acids is 1. The highest BCUT2D eigenvalue weighted by molar-refractivity contribution is 6.09. The molecule has 146 valence electrons. The molecule has 1 saturated heterocycles. The molecule has 5 heteroatoms. The highest BCUT2D eigenvalue weighted by Crippen LogP contribution is 2.28. The molecule has 0 spiro atoms. The van der Waals surface area contributed by atoms with Crippen LogP contribution in [0.25, 0.3) is 10.9 Å². The van der Waals surface area contributed by atoms with E-state index in [-0.39, 0.29) is 5.78 Å². The van der Waals surface area contributed by atoms with Crippen LogP contribution >= 0.6 is 0 Å². The summed E-state index contributed by atoms with van der Waals surface area (Å²) in [5.41, 5.74) is 4.27. The molecule has 0 radical (unpaired) electrons. The molecule has 3 aromatic rings. The number of aryl methyl sites for hydroxylation is 1. The lowest BCUT2D eigenvalue weighted by Gasteiger charge is -2.36. The summed E-state index contributed by atoms with van der Waals surface area (Å²) in [6.07, 6.45) is 2.83. The summed E-state index contributed by atoms with van der Waals surface area (Å²) in [5.74, 6) is 1.09. The average Bonchev–Trinajstić information content (AvgIpc) is 3.18. The topological polar surface area (TPSA) is 48.6 Å². The van der Waals surface area contributed by atoms with Crippen molar-refractivity contribution < 1.29 is 9.53 Å². The summed E-state index contributed by atoms with van der Waals surface area (Å²) in [6, 6.07) is 14.3. The van der Waals surface area contributed by atoms with Gasteiger partial charge in [0.25, 0.3) is 0 Å². The maximum Gasteiger partial charge on any atom is 0.178 e. The fourth-order valence-corrected chi connectivity index (χ4v) is 4.07. The fraction of sp³-hybridized carbons (Fsp3) is 0.348. The minimum atomic E-state index is 0.185. The van der Waals surface area contributed by atoms with Crippen molar-refractivity contribution in [3.8, 4) is 5.75 Å². The van der Waals surface area contributed by atoms with Crippen molar-refractivity contribution in [3.63, 3.8) is 0 Å². The van der Waals surface area contributed by atoms with Crippen LogP contribution in [0.4, 0.5) is 5.69 Å². The number of hydrogen-bond donors (Lipinski definition) is 1. The zero-order valence-electron chi connectivity index (χ0n) is 16.6. The van der Waals surface area contributed by atoms with Crippen LogP contribution in [-0.4, -0.2) is 55.5 Å². The van der Waals surface area contributed by atoms with Gasteiger partial charge in [0.05, 0.1) is 19.3 Å². The normalized spacial score (nSPS) is 15.1. The number of rotatable bonds is 6. The van der Waals surface area contributed by atoms with Crippen LogP contribution in [0.1, 0.15) is 22.8 Å². The zero-order chi connectivity index (χ0) is 19.5. The summed E-state index contributed by atoms with van der Waals surface area (Å²) < 4.78 is 5.49. The first-order valence-corrected chi connectivity index (χ1v) is 9.93. The Labute approximate surface area is 165 Å². The Bertz CT molecular complexity index is 971. The number of aromatic amines is 1. The van der Waals surface area contributed by atoms with Crippen molar-refractivity contribution in [2.75, 3.05) is 44.7 Å². The van der Waals surface area contributed by atoms with Crippen molar-refractivity contribution in [2.24, 2.45) is 0 Å². The van der Waals surface area contributed by atoms with Crippen LogP contribution in [0.3, 0.4) is 0 Å². The Hall–Kier alpha value is -2.79. The number of fused-ring (bicyclic) bond motifs is 1. The highest BCUT2D eigenvalue weighted by Gasteiger charge is 2.22. The summed E-state index contributed by atoms with van der Waals surface area (Å²) in [4.78, 5) is 20.8. The zero-order valence-corrected chi connectivity index (χ0v) is 16.6. The van der Waals surface area contributed by atoms with E-state index >= 15 is 0 Å². The SMILES string of the molecule is CCc1cccc2c(C(=O)CN3CCN(c4ccccc4OC)CC3)c[nH]c12. The van der Waals surface area contributed by atoms with E-state index in [2.05, 4.69) is 33.8 Å². The Kier molecular flexibility index (Phi) is 5.35. The second-order valence-electron chi connectivity index (χ2n) is 7.25. The van der Waals surface area contributed by atoms with Crippen LogP contribution in [0.5, 0.6) is 5.75 Å². The summed E-state index contributed by atoms with van der Waals surface area (Å²) >= 11 is 0. The van der Waals surface area contributed by atoms with Crippen molar-refractivity contribution in [3.05, 3.63) is 59.8 Å². The van der Waals surface area contributed by atoms with Gasteiger partial charge in [0.1, 0.15) is 5.75 Å². The van der Waals surface area contributed by atoms with E-state index in [1.165, 1.54) is 5.56 Å². The minimum Gasteiger partial charge on any atom is -0.495 e. The third-order valence-corrected chi connectivity index (χ3v) is 5.65. The molecule has 0 unspecified atom stereocenters. The van der Waals surface area contributed by atoms with Gasteiger partial charge in [-0.15, -0.1) is 0 Å². The van der Waals surface area contributed by atoms with Crippen LogP contribution in [-0.2, 0) is 6.42 Å². The number of nitrogens with one attached hydrogen (secondary N) is 1. The van der Waals surface area contributed by atoms with E-state index in [9.17, 15) is 4.79 Å². The Morgan fingerprint density at radius 1 is 1.07 bits per heavy atom. The number of carbonyl (C=O) groups is 1. The van der Waals surface area contributed by atoms with Crippen LogP contribution in [0, 0.1) is 0 Å². The maximum atomic E-state index is 12.9. The standard InChI is InChI=1S/C23H27N3O2/c1-3-17-7-6-8-18-19(15-24-23(17)18)21(27)16-25-11-13-26(14-12-25)20-9-4-5-10-22(20)28-2/h4-10,15,24H,3,11-14,16H2,1-2H3. The quantitative estimate of drug-likeness (QED) is 0.665. The van der Waals surface area contributed by atoms with Gasteiger partial charge in [0.2, 0.25) is 0 Å². The number of hydrogen-bond acceptors (Lipinski definition) is 4. The average molecular weight is 377 g/mol. The van der Waals surface area contributed by atoms with E-state index in [1.807, 2.05) is 36.5 Å². The second-order valence-corrected chi connectivity index (χ2v) is 7.25. The van der Waals surface area contributed by atoms with E-state index in [1.54, 1.807) is 7.11 Å². The first-order chi connectivity index (χ1) is 13.7. The predicted octanol–water partition coefficient (Wildman–Crippen LogP) is 3.74. The highest BCUT2D eigenvalue weighted by atomic mass is 16.5. The third-order valence-electron chi connectivity index (χ3n) is 5.65. The lowest BCUT2D eigenvalue weighted by atomic mass is 10.0. The largest absolute Gasteiger partial charge is 0.495 e.